The molecule has 1 aliphatic heterocycles. The van der Waals surface area contributed by atoms with E-state index >= 15 is 0 Å². The van der Waals surface area contributed by atoms with E-state index in [1.807, 2.05) is 0 Å². The summed E-state index contributed by atoms with van der Waals surface area (Å²) in [6, 6.07) is 0. The van der Waals surface area contributed by atoms with E-state index in [2.05, 4.69) is 37.5 Å². The highest BCUT2D eigenvalue weighted by Crippen LogP contribution is 2.59. The summed E-state index contributed by atoms with van der Waals surface area (Å²) in [5.74, 6) is 0.462. The van der Waals surface area contributed by atoms with Crippen LogP contribution in [0.25, 0.3) is 0 Å². The van der Waals surface area contributed by atoms with Crippen LogP contribution in [-0.4, -0.2) is 53.1 Å². The minimum absolute atomic E-state index is 0.231. The fourth-order valence-corrected chi connectivity index (χ4v) is 7.66. The van der Waals surface area contributed by atoms with Crippen molar-refractivity contribution >= 4 is 0 Å². The molecule has 3 saturated carbocycles. The maximum Gasteiger partial charge on any atom is 0.391 e. The summed E-state index contributed by atoms with van der Waals surface area (Å²) >= 11 is 0. The van der Waals surface area contributed by atoms with Gasteiger partial charge in [0.1, 0.15) is 0 Å². The van der Waals surface area contributed by atoms with Crippen LogP contribution in [0.15, 0.2) is 35.5 Å². The van der Waals surface area contributed by atoms with E-state index in [1.54, 1.807) is 0 Å². The second-order valence-corrected chi connectivity index (χ2v) is 11.8. The number of nitrogens with zero attached hydrogens (tertiary/aromatic N) is 1. The molecule has 4 aliphatic rings. The van der Waals surface area contributed by atoms with Crippen LogP contribution in [0, 0.1) is 29.1 Å². The van der Waals surface area contributed by atoms with Crippen molar-refractivity contribution in [2.75, 3.05) is 19.6 Å². The van der Waals surface area contributed by atoms with Gasteiger partial charge in [-0.2, -0.15) is 13.2 Å². The number of hydrogen-bond acceptors (Lipinski definition) is 3. The quantitative estimate of drug-likeness (QED) is 0.515. The van der Waals surface area contributed by atoms with Crippen molar-refractivity contribution in [1.82, 2.24) is 4.90 Å². The zero-order chi connectivity index (χ0) is 24.7. The molecule has 0 spiro atoms. The average Bonchev–Trinajstić information content (AvgIpc) is 3.12. The topological polar surface area (TPSA) is 43.7 Å². The Morgan fingerprint density at radius 3 is 2.53 bits per heavy atom. The number of likely N-dealkylation sites (tertiary alicyclic amines) is 1. The second kappa shape index (κ2) is 10.1. The Bertz CT molecular complexity index is 811. The van der Waals surface area contributed by atoms with E-state index in [4.69, 9.17) is 0 Å². The first kappa shape index (κ1) is 26.0. The Kier molecular flexibility index (Phi) is 7.71. The highest BCUT2D eigenvalue weighted by atomic mass is 19.4. The van der Waals surface area contributed by atoms with Gasteiger partial charge in [-0.3, -0.25) is 0 Å². The van der Waals surface area contributed by atoms with Crippen LogP contribution in [-0.2, 0) is 0 Å². The Hall–Kier alpha value is -1.11. The first-order valence-corrected chi connectivity index (χ1v) is 13.2. The van der Waals surface area contributed by atoms with Gasteiger partial charge in [-0.15, -0.1) is 0 Å². The van der Waals surface area contributed by atoms with Crippen molar-refractivity contribution in [3.8, 4) is 0 Å². The van der Waals surface area contributed by atoms with Crippen molar-refractivity contribution in [3.63, 3.8) is 0 Å². The number of rotatable bonds is 4. The monoisotopic (exact) mass is 481 g/mol. The molecule has 34 heavy (non-hydrogen) atoms. The van der Waals surface area contributed by atoms with Crippen LogP contribution in [0.4, 0.5) is 13.2 Å². The summed E-state index contributed by atoms with van der Waals surface area (Å²) < 4.78 is 39.1. The molecule has 0 radical (unpaired) electrons. The first-order chi connectivity index (χ1) is 16.0. The van der Waals surface area contributed by atoms with Gasteiger partial charge in [0.2, 0.25) is 0 Å². The number of alkyl halides is 3. The van der Waals surface area contributed by atoms with Gasteiger partial charge in [-0.25, -0.2) is 0 Å². The summed E-state index contributed by atoms with van der Waals surface area (Å²) in [7, 11) is 0. The van der Waals surface area contributed by atoms with Crippen molar-refractivity contribution in [3.05, 3.63) is 35.5 Å². The Morgan fingerprint density at radius 2 is 1.85 bits per heavy atom. The lowest BCUT2D eigenvalue weighted by atomic mass is 9.61. The number of fused-ring (bicyclic) bond motifs is 1. The van der Waals surface area contributed by atoms with E-state index in [-0.39, 0.29) is 18.3 Å². The van der Waals surface area contributed by atoms with Gasteiger partial charge in [0.15, 0.2) is 0 Å². The first-order valence-electron chi connectivity index (χ1n) is 13.2. The third kappa shape index (κ3) is 5.34. The second-order valence-electron chi connectivity index (χ2n) is 11.8. The summed E-state index contributed by atoms with van der Waals surface area (Å²) in [6.45, 7) is 10.8. The van der Waals surface area contributed by atoms with E-state index < -0.39 is 24.3 Å². The number of piperidine rings is 1. The number of aliphatic hydroxyl groups excluding tert-OH is 2. The molecule has 1 saturated heterocycles. The molecule has 3 aliphatic carbocycles. The van der Waals surface area contributed by atoms with Gasteiger partial charge in [0.25, 0.3) is 0 Å². The Morgan fingerprint density at radius 1 is 1.15 bits per heavy atom. The molecule has 0 unspecified atom stereocenters. The predicted octanol–water partition coefficient (Wildman–Crippen LogP) is 6.04. The molecule has 0 aromatic rings. The number of halogens is 3. The summed E-state index contributed by atoms with van der Waals surface area (Å²) in [4.78, 5) is 2.26. The molecule has 4 rings (SSSR count). The van der Waals surface area contributed by atoms with Crippen LogP contribution in [0.2, 0.25) is 0 Å². The molecule has 0 aromatic carbocycles. The SMILES string of the molecule is C=C1/C(=C\C=C2/CCC[C@]3(C)[C@@H]([C@H](C)CN4CCC(C(F)(F)F)CC4)CC[C@@H]23)C[C@@H](O)C[C@@H]1O. The number of allylic oxidation sites excluding steroid dienone is 3. The summed E-state index contributed by atoms with van der Waals surface area (Å²) in [5.41, 5.74) is 3.39. The Labute approximate surface area is 202 Å². The average molecular weight is 482 g/mol. The maximum atomic E-state index is 13.0. The van der Waals surface area contributed by atoms with E-state index in [0.717, 1.165) is 30.5 Å². The van der Waals surface area contributed by atoms with Gasteiger partial charge in [0, 0.05) is 13.0 Å². The number of aliphatic hydroxyl groups is 2. The van der Waals surface area contributed by atoms with Crippen molar-refractivity contribution in [2.24, 2.45) is 29.1 Å². The Balaban J connectivity index is 1.41. The van der Waals surface area contributed by atoms with E-state index in [9.17, 15) is 23.4 Å². The lowest BCUT2D eigenvalue weighted by Crippen LogP contribution is -2.44. The van der Waals surface area contributed by atoms with E-state index in [0.29, 0.717) is 43.7 Å². The molecule has 1 heterocycles. The molecule has 0 amide bonds. The summed E-state index contributed by atoms with van der Waals surface area (Å²) in [6.07, 6.45) is 6.28. The van der Waals surface area contributed by atoms with Crippen LogP contribution < -0.4 is 0 Å². The molecule has 0 aromatic heterocycles. The number of hydrogen-bond donors (Lipinski definition) is 2. The van der Waals surface area contributed by atoms with Gasteiger partial charge in [-0.05, 0) is 98.8 Å². The fraction of sp³-hybridized carbons (Fsp3) is 0.786. The molecule has 3 nitrogen and oxygen atoms in total. The minimum atomic E-state index is -4.05. The molecular weight excluding hydrogens is 439 g/mol. The molecule has 0 bridgehead atoms. The highest BCUT2D eigenvalue weighted by molar-refractivity contribution is 5.38. The minimum Gasteiger partial charge on any atom is -0.393 e. The fourth-order valence-electron chi connectivity index (χ4n) is 7.66. The van der Waals surface area contributed by atoms with Gasteiger partial charge < -0.3 is 15.1 Å². The lowest BCUT2D eigenvalue weighted by Gasteiger charge is -2.45. The van der Waals surface area contributed by atoms with Crippen LogP contribution in [0.5, 0.6) is 0 Å². The summed E-state index contributed by atoms with van der Waals surface area (Å²) in [5, 5.41) is 20.2. The molecule has 4 fully saturated rings. The molecule has 192 valence electrons. The highest BCUT2D eigenvalue weighted by Gasteiger charge is 2.51. The van der Waals surface area contributed by atoms with Crippen molar-refractivity contribution in [2.45, 2.75) is 90.0 Å². The zero-order valence-electron chi connectivity index (χ0n) is 20.8. The van der Waals surface area contributed by atoms with E-state index in [1.165, 1.54) is 24.8 Å². The van der Waals surface area contributed by atoms with Gasteiger partial charge >= 0.3 is 6.18 Å². The lowest BCUT2D eigenvalue weighted by molar-refractivity contribution is -0.185. The van der Waals surface area contributed by atoms with Gasteiger partial charge in [0.05, 0.1) is 18.1 Å². The van der Waals surface area contributed by atoms with Crippen molar-refractivity contribution in [1.29, 1.82) is 0 Å². The zero-order valence-corrected chi connectivity index (χ0v) is 20.8. The third-order valence-electron chi connectivity index (χ3n) is 9.59. The smallest absolute Gasteiger partial charge is 0.391 e. The molecule has 6 atom stereocenters. The van der Waals surface area contributed by atoms with Gasteiger partial charge in [-0.1, -0.05) is 38.2 Å². The molecule has 2 N–H and O–H groups in total. The van der Waals surface area contributed by atoms with Crippen LogP contribution in [0.1, 0.15) is 71.6 Å². The maximum absolute atomic E-state index is 13.0. The van der Waals surface area contributed by atoms with Crippen LogP contribution in [0.3, 0.4) is 0 Å². The molecular formula is C28H42F3NO2. The molecule has 6 heteroatoms. The standard InChI is InChI=1S/C28H42F3NO2/c1-18(17-32-13-10-22(11-14-32)28(29,30)31)24-8-9-25-20(5-4-12-27(24,25)3)6-7-21-15-23(33)16-26(34)19(21)2/h6-7,18,22-26,33-34H,2,4-5,8-17H2,1,3H3/b20-6+,21-7-/t18-,23-,24-,25+,26+,27-/m1/s1. The largest absolute Gasteiger partial charge is 0.393 e. The predicted molar refractivity (Wildman–Crippen MR) is 129 cm³/mol. The van der Waals surface area contributed by atoms with Crippen LogP contribution >= 0.6 is 0 Å². The van der Waals surface area contributed by atoms with Crippen molar-refractivity contribution < 1.29 is 23.4 Å². The normalized spacial score (nSPS) is 39.6. The third-order valence-corrected chi connectivity index (χ3v) is 9.59.